The maximum atomic E-state index is 12.0. The minimum atomic E-state index is 0.00612. The molecule has 0 radical (unpaired) electrons. The second-order valence-corrected chi connectivity index (χ2v) is 4.19. The van der Waals surface area contributed by atoms with E-state index in [1.165, 1.54) is 0 Å². The average molecular weight is 274 g/mol. The zero-order valence-corrected chi connectivity index (χ0v) is 12.0. The van der Waals surface area contributed by atoms with Gasteiger partial charge in [0.25, 0.3) is 0 Å². The van der Waals surface area contributed by atoms with Crippen LogP contribution in [0.25, 0.3) is 0 Å². The van der Waals surface area contributed by atoms with E-state index in [9.17, 15) is 4.79 Å². The molecule has 4 heteroatoms. The van der Waals surface area contributed by atoms with Gasteiger partial charge >= 0.3 is 0 Å². The summed E-state index contributed by atoms with van der Waals surface area (Å²) in [7, 11) is 0. The van der Waals surface area contributed by atoms with Crippen molar-refractivity contribution in [3.63, 3.8) is 0 Å². The number of nitrogens with one attached hydrogen (secondary N) is 1. The lowest BCUT2D eigenvalue weighted by molar-refractivity contribution is -0.128. The maximum absolute atomic E-state index is 12.0. The van der Waals surface area contributed by atoms with Gasteiger partial charge in [-0.3, -0.25) is 4.79 Å². The molecule has 20 heavy (non-hydrogen) atoms. The van der Waals surface area contributed by atoms with Crippen molar-refractivity contribution in [1.82, 2.24) is 4.90 Å². The van der Waals surface area contributed by atoms with Gasteiger partial charge in [-0.15, -0.1) is 13.2 Å². The lowest BCUT2D eigenvalue weighted by Crippen LogP contribution is -2.35. The molecular formula is C16H22N2O2. The Morgan fingerprint density at radius 1 is 1.35 bits per heavy atom. The summed E-state index contributed by atoms with van der Waals surface area (Å²) in [5.41, 5.74) is 0.862. The van der Waals surface area contributed by atoms with Gasteiger partial charge in [-0.2, -0.15) is 0 Å². The highest BCUT2D eigenvalue weighted by Crippen LogP contribution is 2.17. The summed E-state index contributed by atoms with van der Waals surface area (Å²) in [5, 5.41) is 3.10. The van der Waals surface area contributed by atoms with Crippen molar-refractivity contribution in [3.05, 3.63) is 49.6 Å². The Labute approximate surface area is 120 Å². The molecular weight excluding hydrogens is 252 g/mol. The average Bonchev–Trinajstić information content (AvgIpc) is 2.45. The molecule has 1 N–H and O–H groups in total. The number of hydrogen-bond acceptors (Lipinski definition) is 3. The minimum Gasteiger partial charge on any atom is -0.494 e. The smallest absolute Gasteiger partial charge is 0.242 e. The fourth-order valence-corrected chi connectivity index (χ4v) is 1.74. The Morgan fingerprint density at radius 2 is 2.05 bits per heavy atom. The molecule has 0 saturated carbocycles. The van der Waals surface area contributed by atoms with Gasteiger partial charge in [-0.25, -0.2) is 0 Å². The van der Waals surface area contributed by atoms with Crippen LogP contribution in [0.2, 0.25) is 0 Å². The van der Waals surface area contributed by atoms with E-state index in [1.54, 1.807) is 17.1 Å². The van der Waals surface area contributed by atoms with Crippen molar-refractivity contribution in [3.8, 4) is 5.75 Å². The molecule has 0 spiro atoms. The molecule has 1 aromatic carbocycles. The van der Waals surface area contributed by atoms with Crippen LogP contribution in [-0.4, -0.2) is 37.0 Å². The summed E-state index contributed by atoms with van der Waals surface area (Å²) < 4.78 is 5.42. The van der Waals surface area contributed by atoms with Crippen LogP contribution in [0, 0.1) is 0 Å². The lowest BCUT2D eigenvalue weighted by atomic mass is 10.3. The summed E-state index contributed by atoms with van der Waals surface area (Å²) in [4.78, 5) is 13.7. The number of carbonyl (C=O) groups excluding carboxylic acids is 1. The zero-order chi connectivity index (χ0) is 14.8. The van der Waals surface area contributed by atoms with Gasteiger partial charge in [-0.05, 0) is 19.1 Å². The first-order valence-electron chi connectivity index (χ1n) is 6.67. The van der Waals surface area contributed by atoms with Gasteiger partial charge in [-0.1, -0.05) is 18.2 Å². The number of ether oxygens (including phenoxy) is 1. The third-order valence-corrected chi connectivity index (χ3v) is 2.64. The highest BCUT2D eigenvalue weighted by molar-refractivity contribution is 5.81. The Bertz CT molecular complexity index is 448. The fourth-order valence-electron chi connectivity index (χ4n) is 1.74. The summed E-state index contributed by atoms with van der Waals surface area (Å²) in [5.74, 6) is 0.797. The number of amides is 1. The molecule has 1 rings (SSSR count). The molecule has 0 aliphatic carbocycles. The van der Waals surface area contributed by atoms with Gasteiger partial charge in [0.05, 0.1) is 13.2 Å². The van der Waals surface area contributed by atoms with Crippen molar-refractivity contribution >= 4 is 11.6 Å². The first kappa shape index (κ1) is 15.8. The van der Waals surface area contributed by atoms with Gasteiger partial charge in [0.1, 0.15) is 5.75 Å². The summed E-state index contributed by atoms with van der Waals surface area (Å²) in [6.07, 6.45) is 3.41. The molecule has 0 aliphatic heterocycles. The third-order valence-electron chi connectivity index (χ3n) is 2.64. The van der Waals surface area contributed by atoms with Gasteiger partial charge in [0.2, 0.25) is 5.91 Å². The second kappa shape index (κ2) is 8.80. The second-order valence-electron chi connectivity index (χ2n) is 4.19. The standard InChI is InChI=1S/C16H22N2O2/c1-4-10-18(11-5-2)16(19)13-17-14-8-7-9-15(12-14)20-6-3/h4-5,7-9,12,17H,1-2,6,10-11,13H2,3H3. The summed E-state index contributed by atoms with van der Waals surface area (Å²) >= 11 is 0. The van der Waals surface area contributed by atoms with Crippen molar-refractivity contribution in [2.45, 2.75) is 6.92 Å². The Hall–Kier alpha value is -2.23. The van der Waals surface area contributed by atoms with Crippen LogP contribution in [0.4, 0.5) is 5.69 Å². The molecule has 0 heterocycles. The van der Waals surface area contributed by atoms with Crippen molar-refractivity contribution < 1.29 is 9.53 Å². The first-order chi connectivity index (χ1) is 9.71. The van der Waals surface area contributed by atoms with Crippen LogP contribution >= 0.6 is 0 Å². The zero-order valence-electron chi connectivity index (χ0n) is 12.0. The predicted molar refractivity (Wildman–Crippen MR) is 83.1 cm³/mol. The number of hydrogen-bond donors (Lipinski definition) is 1. The van der Waals surface area contributed by atoms with Crippen molar-refractivity contribution in [1.29, 1.82) is 0 Å². The number of rotatable bonds is 9. The molecule has 0 unspecified atom stereocenters. The number of carbonyl (C=O) groups is 1. The SMILES string of the molecule is C=CCN(CC=C)C(=O)CNc1cccc(OCC)c1. The lowest BCUT2D eigenvalue weighted by Gasteiger charge is -2.19. The highest BCUT2D eigenvalue weighted by Gasteiger charge is 2.10. The van der Waals surface area contributed by atoms with Crippen molar-refractivity contribution in [2.75, 3.05) is 31.6 Å². The molecule has 0 aromatic heterocycles. The Morgan fingerprint density at radius 3 is 2.65 bits per heavy atom. The van der Waals surface area contributed by atoms with Crippen LogP contribution in [0.1, 0.15) is 6.92 Å². The number of nitrogens with zero attached hydrogens (tertiary/aromatic N) is 1. The predicted octanol–water partition coefficient (Wildman–Crippen LogP) is 2.70. The van der Waals surface area contributed by atoms with E-state index < -0.39 is 0 Å². The van der Waals surface area contributed by atoms with Crippen LogP contribution in [0.5, 0.6) is 5.75 Å². The monoisotopic (exact) mass is 274 g/mol. The number of anilines is 1. The molecule has 0 fully saturated rings. The minimum absolute atomic E-state index is 0.00612. The fraction of sp³-hybridized carbons (Fsp3) is 0.312. The van der Waals surface area contributed by atoms with Crippen LogP contribution < -0.4 is 10.1 Å². The molecule has 1 aromatic rings. The Kier molecular flexibility index (Phi) is 6.96. The molecule has 108 valence electrons. The van der Waals surface area contributed by atoms with Crippen molar-refractivity contribution in [2.24, 2.45) is 0 Å². The van der Waals surface area contributed by atoms with Gasteiger partial charge in [0, 0.05) is 24.8 Å². The maximum Gasteiger partial charge on any atom is 0.242 e. The van der Waals surface area contributed by atoms with E-state index in [2.05, 4.69) is 18.5 Å². The summed E-state index contributed by atoms with van der Waals surface area (Å²) in [6, 6.07) is 7.56. The van der Waals surface area contributed by atoms with E-state index in [-0.39, 0.29) is 12.5 Å². The largest absolute Gasteiger partial charge is 0.494 e. The molecule has 1 amide bonds. The Balaban J connectivity index is 2.56. The van der Waals surface area contributed by atoms with E-state index in [1.807, 2.05) is 31.2 Å². The van der Waals surface area contributed by atoms with E-state index in [0.29, 0.717) is 19.7 Å². The highest BCUT2D eigenvalue weighted by atomic mass is 16.5. The third kappa shape index (κ3) is 5.18. The van der Waals surface area contributed by atoms with E-state index >= 15 is 0 Å². The quantitative estimate of drug-likeness (QED) is 0.704. The van der Waals surface area contributed by atoms with Crippen LogP contribution in [0.15, 0.2) is 49.6 Å². The van der Waals surface area contributed by atoms with Crippen LogP contribution in [0.3, 0.4) is 0 Å². The normalized spacial score (nSPS) is 9.65. The number of benzene rings is 1. The van der Waals surface area contributed by atoms with Crippen LogP contribution in [-0.2, 0) is 4.79 Å². The first-order valence-corrected chi connectivity index (χ1v) is 6.67. The summed E-state index contributed by atoms with van der Waals surface area (Å²) in [6.45, 7) is 11.1. The van der Waals surface area contributed by atoms with E-state index in [4.69, 9.17) is 4.74 Å². The molecule has 4 nitrogen and oxygen atoms in total. The van der Waals surface area contributed by atoms with E-state index in [0.717, 1.165) is 11.4 Å². The molecule has 0 aliphatic rings. The molecule has 0 saturated heterocycles. The molecule has 0 bridgehead atoms. The molecule has 0 atom stereocenters. The van der Waals surface area contributed by atoms with Gasteiger partial charge in [0.15, 0.2) is 0 Å². The topological polar surface area (TPSA) is 41.6 Å². The van der Waals surface area contributed by atoms with Gasteiger partial charge < -0.3 is 15.0 Å².